The van der Waals surface area contributed by atoms with E-state index in [1.54, 1.807) is 32.9 Å². The Balaban J connectivity index is 1.80. The number of ether oxygens (including phenoxy) is 1. The Bertz CT molecular complexity index is 1200. The number of methoxy groups -OCH3 is 1. The number of alkyl halides is 3. The van der Waals surface area contributed by atoms with E-state index in [-0.39, 0.29) is 23.1 Å². The summed E-state index contributed by atoms with van der Waals surface area (Å²) in [7, 11) is 1.37. The molecule has 0 saturated carbocycles. The molecule has 2 aromatic carbocycles. The lowest BCUT2D eigenvalue weighted by molar-refractivity contribution is -0.137. The van der Waals surface area contributed by atoms with Crippen LogP contribution in [0.3, 0.4) is 0 Å². The van der Waals surface area contributed by atoms with Gasteiger partial charge in [0.1, 0.15) is 0 Å². The molecule has 0 atom stereocenters. The van der Waals surface area contributed by atoms with Gasteiger partial charge in [-0.05, 0) is 63.2 Å². The van der Waals surface area contributed by atoms with Gasteiger partial charge in [-0.3, -0.25) is 15.2 Å². The lowest BCUT2D eigenvalue weighted by Gasteiger charge is -2.17. The number of carbonyl (C=O) groups is 1. The highest BCUT2D eigenvalue weighted by molar-refractivity contribution is 6.09. The second-order valence-corrected chi connectivity index (χ2v) is 8.30. The zero-order valence-corrected chi connectivity index (χ0v) is 18.8. The molecule has 0 fully saturated rings. The molecule has 1 amide bonds. The summed E-state index contributed by atoms with van der Waals surface area (Å²) in [5.74, 6) is -0.773. The van der Waals surface area contributed by atoms with Crippen molar-refractivity contribution in [2.45, 2.75) is 32.5 Å². The standard InChI is InChI=1S/C23H23F4N5O2/c1-22(2,3)30-21(29-20(33)13-5-8-15(9-6-13)23(25,26)27)28-19-12-17(31-32-19)14-7-10-18(34-4)16(24)11-14/h5-12H,1-4H3,(H3,28,29,30,31,32,33). The van der Waals surface area contributed by atoms with E-state index in [4.69, 9.17) is 4.74 Å². The number of anilines is 1. The van der Waals surface area contributed by atoms with Gasteiger partial charge in [0.25, 0.3) is 5.91 Å². The van der Waals surface area contributed by atoms with Gasteiger partial charge < -0.3 is 10.1 Å². The van der Waals surface area contributed by atoms with E-state index < -0.39 is 29.0 Å². The monoisotopic (exact) mass is 477 g/mol. The molecule has 1 aromatic heterocycles. The Morgan fingerprint density at radius 3 is 2.29 bits per heavy atom. The first-order valence-electron chi connectivity index (χ1n) is 10.1. The lowest BCUT2D eigenvalue weighted by Crippen LogP contribution is -2.38. The number of H-pyrrole nitrogens is 1. The molecule has 0 bridgehead atoms. The maximum atomic E-state index is 14.0. The van der Waals surface area contributed by atoms with Crippen molar-refractivity contribution < 1.29 is 27.1 Å². The second-order valence-electron chi connectivity index (χ2n) is 8.30. The molecule has 180 valence electrons. The fourth-order valence-electron chi connectivity index (χ4n) is 2.90. The molecule has 0 aliphatic rings. The minimum Gasteiger partial charge on any atom is -0.494 e. The van der Waals surface area contributed by atoms with Crippen LogP contribution >= 0.6 is 0 Å². The van der Waals surface area contributed by atoms with Crippen molar-refractivity contribution in [3.63, 3.8) is 0 Å². The second kappa shape index (κ2) is 9.54. The van der Waals surface area contributed by atoms with Crippen LogP contribution in [0.1, 0.15) is 36.7 Å². The summed E-state index contributed by atoms with van der Waals surface area (Å²) in [6.07, 6.45) is -4.50. The third kappa shape index (κ3) is 6.33. The quantitative estimate of drug-likeness (QED) is 0.272. The molecule has 3 rings (SSSR count). The van der Waals surface area contributed by atoms with E-state index in [1.165, 1.54) is 19.2 Å². The summed E-state index contributed by atoms with van der Waals surface area (Å²) in [5.41, 5.74) is -0.429. The Kier molecular flexibility index (Phi) is 6.94. The average molecular weight is 477 g/mol. The van der Waals surface area contributed by atoms with Crippen molar-refractivity contribution in [3.05, 3.63) is 65.5 Å². The maximum absolute atomic E-state index is 14.0. The zero-order chi connectivity index (χ0) is 25.1. The van der Waals surface area contributed by atoms with Crippen molar-refractivity contribution in [1.82, 2.24) is 15.5 Å². The van der Waals surface area contributed by atoms with Crippen molar-refractivity contribution in [1.29, 1.82) is 0 Å². The first kappa shape index (κ1) is 24.7. The maximum Gasteiger partial charge on any atom is 0.416 e. The number of nitrogens with one attached hydrogen (secondary N) is 3. The van der Waals surface area contributed by atoms with Gasteiger partial charge in [-0.2, -0.15) is 18.3 Å². The molecule has 0 spiro atoms. The van der Waals surface area contributed by atoms with Gasteiger partial charge in [0.05, 0.1) is 23.9 Å². The fraction of sp³-hybridized carbons (Fsp3) is 0.261. The highest BCUT2D eigenvalue weighted by Gasteiger charge is 2.30. The van der Waals surface area contributed by atoms with E-state index in [0.717, 1.165) is 24.3 Å². The van der Waals surface area contributed by atoms with E-state index in [1.807, 2.05) is 0 Å². The molecule has 3 aromatic rings. The smallest absolute Gasteiger partial charge is 0.416 e. The van der Waals surface area contributed by atoms with Gasteiger partial charge in [0.2, 0.25) is 5.96 Å². The number of guanidine groups is 1. The molecule has 0 aliphatic heterocycles. The van der Waals surface area contributed by atoms with Gasteiger partial charge in [-0.25, -0.2) is 9.38 Å². The number of aromatic amines is 1. The minimum absolute atomic E-state index is 0.0211. The molecule has 34 heavy (non-hydrogen) atoms. The molecule has 1 heterocycles. The number of aliphatic imine (C=N–C) groups is 1. The normalized spacial score (nSPS) is 12.4. The minimum atomic E-state index is -4.50. The van der Waals surface area contributed by atoms with Crippen LogP contribution in [0.5, 0.6) is 5.75 Å². The molecule has 0 aliphatic carbocycles. The van der Waals surface area contributed by atoms with Gasteiger partial charge in [-0.15, -0.1) is 0 Å². The van der Waals surface area contributed by atoms with E-state index in [0.29, 0.717) is 11.3 Å². The van der Waals surface area contributed by atoms with Crippen LogP contribution in [0.2, 0.25) is 0 Å². The lowest BCUT2D eigenvalue weighted by atomic mass is 10.1. The van der Waals surface area contributed by atoms with E-state index in [9.17, 15) is 22.4 Å². The Labute approximate surface area is 193 Å². The van der Waals surface area contributed by atoms with Crippen molar-refractivity contribution >= 4 is 17.7 Å². The molecular weight excluding hydrogens is 454 g/mol. The van der Waals surface area contributed by atoms with Crippen molar-refractivity contribution in [3.8, 4) is 17.0 Å². The number of nitrogens with zero attached hydrogens (tertiary/aromatic N) is 2. The molecule has 0 radical (unpaired) electrons. The van der Waals surface area contributed by atoms with Gasteiger partial charge in [0, 0.05) is 17.2 Å². The van der Waals surface area contributed by atoms with Crippen molar-refractivity contribution in [2.75, 3.05) is 12.4 Å². The molecular formula is C23H23F4N5O2. The van der Waals surface area contributed by atoms with Crippen LogP contribution in [0.15, 0.2) is 53.5 Å². The van der Waals surface area contributed by atoms with E-state index >= 15 is 0 Å². The van der Waals surface area contributed by atoms with Crippen LogP contribution in [0.4, 0.5) is 23.4 Å². The number of benzene rings is 2. The number of aromatic nitrogens is 2. The third-order valence-corrected chi connectivity index (χ3v) is 4.44. The van der Waals surface area contributed by atoms with Crippen molar-refractivity contribution in [2.24, 2.45) is 4.99 Å². The predicted molar refractivity (Wildman–Crippen MR) is 120 cm³/mol. The third-order valence-electron chi connectivity index (χ3n) is 4.44. The number of hydrogen-bond donors (Lipinski definition) is 3. The zero-order valence-electron chi connectivity index (χ0n) is 18.8. The first-order chi connectivity index (χ1) is 15.9. The molecule has 11 heteroatoms. The average Bonchev–Trinajstić information content (AvgIpc) is 3.20. The van der Waals surface area contributed by atoms with Crippen LogP contribution in [-0.4, -0.2) is 34.7 Å². The summed E-state index contributed by atoms with van der Waals surface area (Å²) in [4.78, 5) is 17.0. The Morgan fingerprint density at radius 2 is 1.74 bits per heavy atom. The number of hydrogen-bond acceptors (Lipinski definition) is 4. The highest BCUT2D eigenvalue weighted by atomic mass is 19.4. The Hall–Kier alpha value is -3.89. The largest absolute Gasteiger partial charge is 0.494 e. The molecule has 0 saturated heterocycles. The number of carbonyl (C=O) groups excluding carboxylic acids is 1. The van der Waals surface area contributed by atoms with Crippen LogP contribution < -0.4 is 15.4 Å². The SMILES string of the molecule is COc1ccc(-c2cc(NC(=NC(C)(C)C)NC(=O)c3ccc(C(F)(F)F)cc3)n[nH]2)cc1F. The highest BCUT2D eigenvalue weighted by Crippen LogP contribution is 2.29. The fourth-order valence-corrected chi connectivity index (χ4v) is 2.90. The summed E-state index contributed by atoms with van der Waals surface area (Å²) in [6.45, 7) is 5.40. The summed E-state index contributed by atoms with van der Waals surface area (Å²) >= 11 is 0. The van der Waals surface area contributed by atoms with Gasteiger partial charge >= 0.3 is 6.18 Å². The van der Waals surface area contributed by atoms with Gasteiger partial charge in [-0.1, -0.05) is 0 Å². The first-order valence-corrected chi connectivity index (χ1v) is 10.1. The van der Waals surface area contributed by atoms with E-state index in [2.05, 4.69) is 25.8 Å². The topological polar surface area (TPSA) is 91.4 Å². The summed E-state index contributed by atoms with van der Waals surface area (Å²) in [5, 5.41) is 12.3. The summed E-state index contributed by atoms with van der Waals surface area (Å²) < 4.78 is 57.3. The summed E-state index contributed by atoms with van der Waals surface area (Å²) in [6, 6.07) is 9.82. The number of amides is 1. The Morgan fingerprint density at radius 1 is 1.06 bits per heavy atom. The molecule has 7 nitrogen and oxygen atoms in total. The predicted octanol–water partition coefficient (Wildman–Crippen LogP) is 5.24. The van der Waals surface area contributed by atoms with Crippen LogP contribution in [0.25, 0.3) is 11.3 Å². The van der Waals surface area contributed by atoms with Crippen LogP contribution in [0, 0.1) is 5.82 Å². The number of halogens is 4. The number of rotatable bonds is 4. The van der Waals surface area contributed by atoms with Gasteiger partial charge in [0.15, 0.2) is 17.4 Å². The molecule has 0 unspecified atom stereocenters. The van der Waals surface area contributed by atoms with Crippen LogP contribution in [-0.2, 0) is 6.18 Å². The molecule has 3 N–H and O–H groups in total.